The second-order valence-corrected chi connectivity index (χ2v) is 5.70. The van der Waals surface area contributed by atoms with Crippen molar-refractivity contribution in [3.8, 4) is 0 Å². The van der Waals surface area contributed by atoms with E-state index >= 15 is 0 Å². The number of hydrogen-bond acceptors (Lipinski definition) is 8. The summed E-state index contributed by atoms with van der Waals surface area (Å²) in [6.45, 7) is 0.0366. The topological polar surface area (TPSA) is 169 Å². The summed E-state index contributed by atoms with van der Waals surface area (Å²) in [7, 11) is 1.30. The summed E-state index contributed by atoms with van der Waals surface area (Å²) in [6, 6.07) is -1.49. The minimum atomic E-state index is -1.66. The molecule has 136 valence electrons. The number of aliphatic carboxylic acids is 2. The number of methoxy groups -OCH3 is 1. The van der Waals surface area contributed by atoms with Gasteiger partial charge in [0.15, 0.2) is 6.04 Å². The fraction of sp³-hybridized carbons (Fsp3) is 0.714. The van der Waals surface area contributed by atoms with E-state index in [4.69, 9.17) is 14.9 Å². The van der Waals surface area contributed by atoms with E-state index in [1.165, 1.54) is 14.0 Å². The number of aliphatic hydroxyl groups excluding tert-OH is 2. The normalized spacial score (nSPS) is 30.3. The van der Waals surface area contributed by atoms with Gasteiger partial charge in [-0.25, -0.2) is 4.79 Å². The van der Waals surface area contributed by atoms with Crippen LogP contribution in [0, 0.1) is 0 Å². The maximum atomic E-state index is 11.2. The number of carbonyl (C=O) groups is 2. The van der Waals surface area contributed by atoms with Gasteiger partial charge >= 0.3 is 11.9 Å². The zero-order valence-corrected chi connectivity index (χ0v) is 13.4. The number of ether oxygens (including phenoxy) is 1. The first-order valence-electron chi connectivity index (χ1n) is 7.22. The van der Waals surface area contributed by atoms with Crippen molar-refractivity contribution in [2.75, 3.05) is 20.3 Å². The van der Waals surface area contributed by atoms with Gasteiger partial charge in [-0.05, 0) is 6.92 Å². The van der Waals surface area contributed by atoms with E-state index in [1.807, 2.05) is 0 Å². The highest BCUT2D eigenvalue weighted by atomic mass is 16.5. The summed E-state index contributed by atoms with van der Waals surface area (Å²) in [5.74, 6) is -2.56. The van der Waals surface area contributed by atoms with Crippen LogP contribution in [-0.2, 0) is 14.3 Å². The number of nitrogens with zero attached hydrogens (tertiary/aromatic N) is 2. The Hall–Kier alpha value is -1.88. The highest BCUT2D eigenvalue weighted by Crippen LogP contribution is 2.27. The fourth-order valence-corrected chi connectivity index (χ4v) is 2.47. The monoisotopic (exact) mass is 346 g/mol. The van der Waals surface area contributed by atoms with Gasteiger partial charge in [-0.2, -0.15) is 0 Å². The number of aliphatic hydroxyl groups is 3. The van der Waals surface area contributed by atoms with Crippen LogP contribution in [0.4, 0.5) is 0 Å². The molecular weight excluding hydrogens is 324 g/mol. The van der Waals surface area contributed by atoms with E-state index in [-0.39, 0.29) is 24.3 Å². The third kappa shape index (κ3) is 5.06. The molecule has 10 nitrogen and oxygen atoms in total. The maximum Gasteiger partial charge on any atom is 0.331 e. The summed E-state index contributed by atoms with van der Waals surface area (Å²) in [6.07, 6.45) is -2.56. The molecule has 0 heterocycles. The highest BCUT2D eigenvalue weighted by molar-refractivity contribution is 6.14. The van der Waals surface area contributed by atoms with Crippen molar-refractivity contribution in [3.05, 3.63) is 0 Å². The third-order valence-corrected chi connectivity index (χ3v) is 3.59. The molecule has 10 heteroatoms. The fourth-order valence-electron chi connectivity index (χ4n) is 2.47. The molecule has 5 N–H and O–H groups in total. The minimum absolute atomic E-state index is 0.0674. The summed E-state index contributed by atoms with van der Waals surface area (Å²) >= 11 is 0. The van der Waals surface area contributed by atoms with E-state index in [2.05, 4.69) is 9.98 Å². The summed E-state index contributed by atoms with van der Waals surface area (Å²) in [5.41, 5.74) is -1.46. The third-order valence-electron chi connectivity index (χ3n) is 3.59. The quantitative estimate of drug-likeness (QED) is 0.364. The average Bonchev–Trinajstić information content (AvgIpc) is 2.49. The molecule has 0 saturated heterocycles. The molecule has 1 fully saturated rings. The first-order valence-corrected chi connectivity index (χ1v) is 7.22. The first kappa shape index (κ1) is 20.2. The van der Waals surface area contributed by atoms with Crippen LogP contribution in [0.1, 0.15) is 19.8 Å². The van der Waals surface area contributed by atoms with E-state index in [9.17, 15) is 24.9 Å². The van der Waals surface area contributed by atoms with Gasteiger partial charge < -0.3 is 30.3 Å². The summed E-state index contributed by atoms with van der Waals surface area (Å²) < 4.78 is 5.23. The Labute approximate surface area is 138 Å². The van der Waals surface area contributed by atoms with Crippen molar-refractivity contribution in [3.63, 3.8) is 0 Å². The number of rotatable bonds is 7. The second-order valence-electron chi connectivity index (χ2n) is 5.70. The van der Waals surface area contributed by atoms with Crippen molar-refractivity contribution in [2.45, 2.75) is 43.6 Å². The maximum absolute atomic E-state index is 11.2. The van der Waals surface area contributed by atoms with E-state index in [0.717, 1.165) is 0 Å². The van der Waals surface area contributed by atoms with Gasteiger partial charge in [-0.3, -0.25) is 14.8 Å². The number of aliphatic imine (C=N–C) groups is 2. The SMILES string of the molecule is COC1C(=NCC(=O)O)CC(O)(CO)CC1=NC(C(=O)O)C(C)O. The van der Waals surface area contributed by atoms with Crippen LogP contribution in [0.25, 0.3) is 0 Å². The molecule has 0 spiro atoms. The molecule has 0 aromatic carbocycles. The molecule has 0 aromatic heterocycles. The van der Waals surface area contributed by atoms with Crippen LogP contribution in [-0.4, -0.2) is 93.0 Å². The van der Waals surface area contributed by atoms with Gasteiger partial charge in [0.2, 0.25) is 0 Å². The molecule has 0 bridgehead atoms. The lowest BCUT2D eigenvalue weighted by atomic mass is 9.80. The van der Waals surface area contributed by atoms with Crippen molar-refractivity contribution in [1.82, 2.24) is 0 Å². The summed E-state index contributed by atoms with van der Waals surface area (Å²) in [5, 5.41) is 47.2. The zero-order valence-electron chi connectivity index (χ0n) is 13.4. The number of hydrogen-bond donors (Lipinski definition) is 5. The molecule has 4 atom stereocenters. The molecule has 4 unspecified atom stereocenters. The standard InChI is InChI=1S/C14H22N2O8/c1-7(18)11(13(21)22)16-9-4-14(23,6-17)3-8(12(9)24-2)15-5-10(19)20/h7,11-12,17-18,23H,3-6H2,1-2H3,(H,19,20)(H,21,22). The van der Waals surface area contributed by atoms with Gasteiger partial charge in [0.1, 0.15) is 12.6 Å². The van der Waals surface area contributed by atoms with Crippen LogP contribution in [0.3, 0.4) is 0 Å². The molecule has 0 radical (unpaired) electrons. The van der Waals surface area contributed by atoms with Gasteiger partial charge in [0.25, 0.3) is 0 Å². The molecule has 1 rings (SSSR count). The Bertz CT molecular complexity index is 545. The van der Waals surface area contributed by atoms with Gasteiger partial charge in [-0.1, -0.05) is 0 Å². The van der Waals surface area contributed by atoms with Crippen LogP contribution in [0.2, 0.25) is 0 Å². The van der Waals surface area contributed by atoms with Crippen LogP contribution >= 0.6 is 0 Å². The average molecular weight is 346 g/mol. The predicted molar refractivity (Wildman–Crippen MR) is 82.5 cm³/mol. The van der Waals surface area contributed by atoms with Crippen molar-refractivity contribution in [1.29, 1.82) is 0 Å². The molecule has 1 aliphatic rings. The molecule has 24 heavy (non-hydrogen) atoms. The van der Waals surface area contributed by atoms with Crippen molar-refractivity contribution in [2.24, 2.45) is 9.98 Å². The Morgan fingerprint density at radius 3 is 2.33 bits per heavy atom. The lowest BCUT2D eigenvalue weighted by Crippen LogP contribution is -2.51. The van der Waals surface area contributed by atoms with Crippen molar-refractivity contribution < 1.29 is 39.9 Å². The van der Waals surface area contributed by atoms with E-state index in [1.54, 1.807) is 0 Å². The van der Waals surface area contributed by atoms with Crippen molar-refractivity contribution >= 4 is 23.4 Å². The Morgan fingerprint density at radius 2 is 1.92 bits per heavy atom. The first-order chi connectivity index (χ1) is 11.1. The van der Waals surface area contributed by atoms with Gasteiger partial charge in [0.05, 0.1) is 29.7 Å². The smallest absolute Gasteiger partial charge is 0.331 e. The summed E-state index contributed by atoms with van der Waals surface area (Å²) in [4.78, 5) is 29.7. The molecular formula is C14H22N2O8. The van der Waals surface area contributed by atoms with Crippen LogP contribution in [0.15, 0.2) is 9.98 Å². The second kappa shape index (κ2) is 8.29. The van der Waals surface area contributed by atoms with Crippen LogP contribution in [0.5, 0.6) is 0 Å². The van der Waals surface area contributed by atoms with E-state index in [0.29, 0.717) is 0 Å². The predicted octanol–water partition coefficient (Wildman–Crippen LogP) is -1.68. The largest absolute Gasteiger partial charge is 0.480 e. The van der Waals surface area contributed by atoms with E-state index < -0.39 is 48.9 Å². The Kier molecular flexibility index (Phi) is 6.96. The minimum Gasteiger partial charge on any atom is -0.480 e. The Balaban J connectivity index is 3.30. The molecule has 0 aliphatic heterocycles. The molecule has 0 aromatic rings. The number of carboxylic acid groups (broad SMARTS) is 2. The Morgan fingerprint density at radius 1 is 1.33 bits per heavy atom. The molecule has 0 amide bonds. The molecule has 1 aliphatic carbocycles. The number of carboxylic acids is 2. The highest BCUT2D eigenvalue weighted by Gasteiger charge is 2.42. The van der Waals surface area contributed by atoms with Gasteiger partial charge in [0, 0.05) is 20.0 Å². The van der Waals surface area contributed by atoms with Crippen LogP contribution < -0.4 is 0 Å². The van der Waals surface area contributed by atoms with Gasteiger partial charge in [-0.15, -0.1) is 0 Å². The lowest BCUT2D eigenvalue weighted by molar-refractivity contribution is -0.141. The zero-order chi connectivity index (χ0) is 18.5. The molecule has 1 saturated carbocycles. The lowest BCUT2D eigenvalue weighted by Gasteiger charge is -2.36.